The first-order chi connectivity index (χ1) is 16.9. The number of nitrogens with one attached hydrogen (secondary N) is 1. The predicted molar refractivity (Wildman–Crippen MR) is 120 cm³/mol. The van der Waals surface area contributed by atoms with Gasteiger partial charge in [-0.25, -0.2) is 19.7 Å². The van der Waals surface area contributed by atoms with Gasteiger partial charge in [-0.1, -0.05) is 17.3 Å². The van der Waals surface area contributed by atoms with Crippen molar-refractivity contribution in [1.29, 1.82) is 0 Å². The van der Waals surface area contributed by atoms with E-state index in [0.717, 1.165) is 11.3 Å². The number of benzene rings is 1. The minimum absolute atomic E-state index is 0.267. The topological polar surface area (TPSA) is 184 Å². The smallest absolute Gasteiger partial charge is 0.334 e. The van der Waals surface area contributed by atoms with E-state index in [0.29, 0.717) is 35.0 Å². The Morgan fingerprint density at radius 2 is 2.14 bits per heavy atom. The van der Waals surface area contributed by atoms with Gasteiger partial charge in [0.15, 0.2) is 35.1 Å². The van der Waals surface area contributed by atoms with Crippen LogP contribution >= 0.6 is 0 Å². The van der Waals surface area contributed by atoms with Crippen LogP contribution in [-0.4, -0.2) is 59.1 Å². The Balaban J connectivity index is 1.29. The number of aliphatic carboxylic acids is 1. The first-order valence-electron chi connectivity index (χ1n) is 10.8. The van der Waals surface area contributed by atoms with Gasteiger partial charge < -0.3 is 35.3 Å². The van der Waals surface area contributed by atoms with E-state index in [4.69, 9.17) is 19.7 Å². The molecule has 0 unspecified atom stereocenters. The first-order valence-corrected chi connectivity index (χ1v) is 10.8. The lowest BCUT2D eigenvalue weighted by atomic mass is 10.1. The second-order valence-electron chi connectivity index (χ2n) is 8.12. The summed E-state index contributed by atoms with van der Waals surface area (Å²) in [4.78, 5) is 24.2. The summed E-state index contributed by atoms with van der Waals surface area (Å²) in [6.45, 7) is 2.53. The number of hydrogen-bond donors (Lipinski definition) is 4. The van der Waals surface area contributed by atoms with Crippen LogP contribution in [0.25, 0.3) is 11.2 Å². The number of nitrogens with two attached hydrogens (primary N) is 1. The molecule has 1 fully saturated rings. The maximum Gasteiger partial charge on any atom is 0.334 e. The minimum atomic E-state index is -1.34. The second kappa shape index (κ2) is 9.29. The number of carbonyl (C=O) groups is 1. The molecule has 0 saturated carbocycles. The van der Waals surface area contributed by atoms with Crippen LogP contribution in [0.15, 0.2) is 47.5 Å². The zero-order valence-corrected chi connectivity index (χ0v) is 18.6. The summed E-state index contributed by atoms with van der Waals surface area (Å²) < 4.78 is 17.9. The van der Waals surface area contributed by atoms with Crippen molar-refractivity contribution in [3.63, 3.8) is 0 Å². The van der Waals surface area contributed by atoms with Crippen molar-refractivity contribution in [2.75, 3.05) is 5.32 Å². The summed E-state index contributed by atoms with van der Waals surface area (Å²) in [5, 5.41) is 26.8. The van der Waals surface area contributed by atoms with Crippen LogP contribution in [0.4, 0.5) is 5.82 Å². The van der Waals surface area contributed by atoms with Gasteiger partial charge in [-0.3, -0.25) is 4.57 Å². The van der Waals surface area contributed by atoms with Crippen molar-refractivity contribution in [2.45, 2.75) is 44.6 Å². The lowest BCUT2D eigenvalue weighted by Crippen LogP contribution is -2.43. The summed E-state index contributed by atoms with van der Waals surface area (Å²) in [5.74, 6) is 0.524. The third-order valence-corrected chi connectivity index (χ3v) is 5.61. The molecule has 0 radical (unpaired) electrons. The summed E-state index contributed by atoms with van der Waals surface area (Å²) in [7, 11) is 0. The fraction of sp³-hybridized carbons (Fsp3) is 0.318. The van der Waals surface area contributed by atoms with Crippen LogP contribution in [0.1, 0.15) is 23.2 Å². The zero-order valence-electron chi connectivity index (χ0n) is 18.6. The van der Waals surface area contributed by atoms with E-state index in [1.54, 1.807) is 0 Å². The summed E-state index contributed by atoms with van der Waals surface area (Å²) >= 11 is 0. The number of ether oxygens (including phenoxy) is 2. The number of aryl methyl sites for hydroxylation is 1. The van der Waals surface area contributed by atoms with Crippen molar-refractivity contribution in [3.8, 4) is 5.75 Å². The predicted octanol–water partition coefficient (Wildman–Crippen LogP) is 0.984. The number of aliphatic hydroxyl groups is 1. The van der Waals surface area contributed by atoms with E-state index in [2.05, 4.69) is 25.4 Å². The maximum absolute atomic E-state index is 11.4. The van der Waals surface area contributed by atoms with Gasteiger partial charge in [0.25, 0.3) is 0 Å². The molecule has 13 heteroatoms. The normalized spacial score (nSPS) is 21.9. The van der Waals surface area contributed by atoms with Crippen molar-refractivity contribution in [3.05, 3.63) is 60.0 Å². The molecule has 5 rings (SSSR count). The molecule has 0 bridgehead atoms. The van der Waals surface area contributed by atoms with Gasteiger partial charge in [0.05, 0.1) is 18.1 Å². The third-order valence-electron chi connectivity index (χ3n) is 5.61. The highest BCUT2D eigenvalue weighted by molar-refractivity contribution is 5.82. The largest absolute Gasteiger partial charge is 0.486 e. The van der Waals surface area contributed by atoms with E-state index < -0.39 is 30.4 Å². The molecule has 13 nitrogen and oxygen atoms in total. The van der Waals surface area contributed by atoms with Crippen molar-refractivity contribution in [1.82, 2.24) is 24.7 Å². The number of fused-ring (bicyclic) bond motifs is 1. The molecule has 5 N–H and O–H groups in total. The summed E-state index contributed by atoms with van der Waals surface area (Å²) in [6.07, 6.45) is -0.869. The van der Waals surface area contributed by atoms with Gasteiger partial charge in [0.2, 0.25) is 0 Å². The SMILES string of the molecule is Cc1cc(COc2cccc(CNc3ncnc4c3ncn4[C@@H]3O[C@H](C(=O)O)[C@@H](N)[C@H]3O)c2)on1. The van der Waals surface area contributed by atoms with Crippen molar-refractivity contribution in [2.24, 2.45) is 5.73 Å². The number of anilines is 1. The lowest BCUT2D eigenvalue weighted by molar-refractivity contribution is -0.152. The van der Waals surface area contributed by atoms with E-state index in [1.165, 1.54) is 17.2 Å². The number of aliphatic hydroxyl groups excluding tert-OH is 1. The van der Waals surface area contributed by atoms with Crippen LogP contribution in [0.2, 0.25) is 0 Å². The highest BCUT2D eigenvalue weighted by Crippen LogP contribution is 2.31. The number of rotatable bonds is 8. The van der Waals surface area contributed by atoms with Crippen LogP contribution in [0.5, 0.6) is 5.75 Å². The molecule has 4 heterocycles. The molecule has 1 saturated heterocycles. The van der Waals surface area contributed by atoms with Gasteiger partial charge in [-0.05, 0) is 24.6 Å². The van der Waals surface area contributed by atoms with Crippen molar-refractivity contribution >= 4 is 23.0 Å². The first kappa shape index (κ1) is 22.7. The van der Waals surface area contributed by atoms with Crippen LogP contribution in [0.3, 0.4) is 0 Å². The monoisotopic (exact) mass is 481 g/mol. The van der Waals surface area contributed by atoms with Gasteiger partial charge in [0, 0.05) is 12.6 Å². The number of carboxylic acid groups (broad SMARTS) is 1. The van der Waals surface area contributed by atoms with E-state index in [-0.39, 0.29) is 6.61 Å². The Labute approximate surface area is 198 Å². The third kappa shape index (κ3) is 4.51. The number of hydrogen-bond acceptors (Lipinski definition) is 11. The van der Waals surface area contributed by atoms with Crippen molar-refractivity contribution < 1.29 is 29.0 Å². The molecular weight excluding hydrogens is 458 g/mol. The van der Waals surface area contributed by atoms with Gasteiger partial charge in [-0.15, -0.1) is 0 Å². The van der Waals surface area contributed by atoms with Crippen LogP contribution in [-0.2, 0) is 22.7 Å². The Morgan fingerprint density at radius 3 is 2.89 bits per heavy atom. The molecule has 4 atom stereocenters. The van der Waals surface area contributed by atoms with E-state index in [9.17, 15) is 15.0 Å². The Bertz CT molecular complexity index is 1360. The standard InChI is InChI=1S/C22H23N7O6/c1-11-5-14(35-28-11)8-33-13-4-2-3-12(6-13)7-24-19-16-20(26-9-25-19)29(10-27-16)21-17(30)15(23)18(34-21)22(31)32/h2-6,9-10,15,17-18,21,30H,7-8,23H2,1H3,(H,31,32)(H,24,25,26)/t15-,17+,18-,21+/m0/s1. The van der Waals surface area contributed by atoms with Gasteiger partial charge in [-0.2, -0.15) is 0 Å². The Hall–Kier alpha value is -4.07. The molecule has 35 heavy (non-hydrogen) atoms. The molecule has 1 aromatic carbocycles. The van der Waals surface area contributed by atoms with Crippen LogP contribution in [0, 0.1) is 6.92 Å². The minimum Gasteiger partial charge on any atom is -0.486 e. The average molecular weight is 481 g/mol. The second-order valence-corrected chi connectivity index (χ2v) is 8.12. The Kier molecular flexibility index (Phi) is 6.03. The molecule has 0 amide bonds. The molecule has 1 aliphatic heterocycles. The Morgan fingerprint density at radius 1 is 1.29 bits per heavy atom. The van der Waals surface area contributed by atoms with Gasteiger partial charge >= 0.3 is 5.97 Å². The highest BCUT2D eigenvalue weighted by Gasteiger charge is 2.46. The zero-order chi connectivity index (χ0) is 24.5. The molecule has 3 aromatic heterocycles. The molecular formula is C22H23N7O6. The quantitative estimate of drug-likeness (QED) is 0.280. The fourth-order valence-electron chi connectivity index (χ4n) is 3.88. The van der Waals surface area contributed by atoms with Gasteiger partial charge in [0.1, 0.15) is 24.8 Å². The molecule has 0 aliphatic carbocycles. The fourth-order valence-corrected chi connectivity index (χ4v) is 3.88. The summed E-state index contributed by atoms with van der Waals surface area (Å²) in [6, 6.07) is 8.28. The number of carboxylic acids is 1. The van der Waals surface area contributed by atoms with E-state index in [1.807, 2.05) is 37.3 Å². The molecule has 182 valence electrons. The number of imidazole rings is 1. The molecule has 4 aromatic rings. The number of aromatic nitrogens is 5. The number of nitrogens with zero attached hydrogens (tertiary/aromatic N) is 5. The highest BCUT2D eigenvalue weighted by atomic mass is 16.6. The molecule has 1 aliphatic rings. The van der Waals surface area contributed by atoms with Crippen LogP contribution < -0.4 is 15.8 Å². The maximum atomic E-state index is 11.4. The lowest BCUT2D eigenvalue weighted by Gasteiger charge is -2.16. The summed E-state index contributed by atoms with van der Waals surface area (Å²) in [5.41, 5.74) is 8.35. The molecule has 0 spiro atoms. The van der Waals surface area contributed by atoms with E-state index >= 15 is 0 Å². The average Bonchev–Trinajstić information content (AvgIpc) is 3.54.